The number of rotatable bonds is 4. The van der Waals surface area contributed by atoms with E-state index in [1.807, 2.05) is 13.0 Å². The maximum atomic E-state index is 12.5. The van der Waals surface area contributed by atoms with Crippen molar-refractivity contribution in [1.29, 1.82) is 0 Å². The predicted octanol–water partition coefficient (Wildman–Crippen LogP) is 2.27. The summed E-state index contributed by atoms with van der Waals surface area (Å²) in [5, 5.41) is 23.4. The van der Waals surface area contributed by atoms with Crippen molar-refractivity contribution in [3.8, 4) is 11.5 Å². The number of hydrogen-bond donors (Lipinski definition) is 3. The molecule has 0 amide bonds. The molecule has 0 unspecified atom stereocenters. The molecule has 3 rings (SSSR count). The highest BCUT2D eigenvalue weighted by atomic mass is 16.3. The number of fused-ring (bicyclic) bond motifs is 1. The van der Waals surface area contributed by atoms with Crippen LogP contribution in [0.3, 0.4) is 0 Å². The first-order chi connectivity index (χ1) is 11.6. The number of benzene rings is 2. The number of nitrogens with zero attached hydrogens (tertiary/aromatic N) is 3. The van der Waals surface area contributed by atoms with Gasteiger partial charge in [-0.3, -0.25) is 9.36 Å². The Balaban J connectivity index is 1.93. The van der Waals surface area contributed by atoms with Gasteiger partial charge in [0.2, 0.25) is 5.95 Å². The van der Waals surface area contributed by atoms with E-state index in [-0.39, 0.29) is 17.1 Å². The van der Waals surface area contributed by atoms with E-state index in [0.29, 0.717) is 29.0 Å². The van der Waals surface area contributed by atoms with Crippen molar-refractivity contribution in [1.82, 2.24) is 9.55 Å². The van der Waals surface area contributed by atoms with Crippen LogP contribution in [0, 0.1) is 0 Å². The smallest absolute Gasteiger partial charge is 0.262 e. The van der Waals surface area contributed by atoms with E-state index in [1.165, 1.54) is 22.9 Å². The number of para-hydroxylation sites is 1. The zero-order chi connectivity index (χ0) is 17.1. The van der Waals surface area contributed by atoms with Gasteiger partial charge in [0.15, 0.2) is 11.5 Å². The summed E-state index contributed by atoms with van der Waals surface area (Å²) in [5.41, 5.74) is 3.80. The summed E-state index contributed by atoms with van der Waals surface area (Å²) >= 11 is 0. The molecule has 122 valence electrons. The summed E-state index contributed by atoms with van der Waals surface area (Å²) < 4.78 is 1.49. The Kier molecular flexibility index (Phi) is 4.15. The van der Waals surface area contributed by atoms with E-state index in [0.717, 1.165) is 0 Å². The topological polar surface area (TPSA) is 99.7 Å². The van der Waals surface area contributed by atoms with Crippen LogP contribution in [0.15, 0.2) is 52.4 Å². The molecular formula is C17H16N4O3. The summed E-state index contributed by atoms with van der Waals surface area (Å²) in [6.45, 7) is 2.30. The monoisotopic (exact) mass is 324 g/mol. The highest BCUT2D eigenvalue weighted by Crippen LogP contribution is 2.24. The maximum absolute atomic E-state index is 12.5. The van der Waals surface area contributed by atoms with Gasteiger partial charge in [0.05, 0.1) is 17.1 Å². The lowest BCUT2D eigenvalue weighted by atomic mass is 10.2. The number of phenols is 2. The van der Waals surface area contributed by atoms with Gasteiger partial charge in [0.25, 0.3) is 5.56 Å². The molecule has 0 fully saturated rings. The molecule has 2 aromatic carbocycles. The van der Waals surface area contributed by atoms with E-state index in [4.69, 9.17) is 0 Å². The minimum Gasteiger partial charge on any atom is -0.504 e. The van der Waals surface area contributed by atoms with Gasteiger partial charge in [-0.2, -0.15) is 5.10 Å². The SMILES string of the molecule is CCn1c(N/N=C/c2ccc(O)c(O)c2)nc2ccccc2c1=O. The molecule has 0 aliphatic carbocycles. The molecule has 7 heteroatoms. The standard InChI is InChI=1S/C17H16N4O3/c1-2-21-16(24)12-5-3-4-6-13(12)19-17(21)20-18-10-11-7-8-14(22)15(23)9-11/h3-10,22-23H,2H2,1H3,(H,19,20)/b18-10+. The molecule has 0 saturated heterocycles. The lowest BCUT2D eigenvalue weighted by Crippen LogP contribution is -2.23. The molecular weight excluding hydrogens is 308 g/mol. The summed E-state index contributed by atoms with van der Waals surface area (Å²) in [5.74, 6) is -0.0928. The van der Waals surface area contributed by atoms with Crippen LogP contribution in [0.5, 0.6) is 11.5 Å². The number of phenolic OH excluding ortho intramolecular Hbond substituents is 2. The Hall–Kier alpha value is -3.35. The van der Waals surface area contributed by atoms with E-state index >= 15 is 0 Å². The fourth-order valence-corrected chi connectivity index (χ4v) is 2.33. The van der Waals surface area contributed by atoms with Crippen LogP contribution < -0.4 is 11.0 Å². The first kappa shape index (κ1) is 15.5. The number of nitrogens with one attached hydrogen (secondary N) is 1. The molecule has 24 heavy (non-hydrogen) atoms. The Labute approximate surface area is 137 Å². The van der Waals surface area contributed by atoms with Crippen LogP contribution in [0.2, 0.25) is 0 Å². The molecule has 0 aliphatic heterocycles. The third-order valence-electron chi connectivity index (χ3n) is 3.56. The number of aromatic hydroxyl groups is 2. The van der Waals surface area contributed by atoms with Gasteiger partial charge >= 0.3 is 0 Å². The molecule has 0 radical (unpaired) electrons. The second kappa shape index (κ2) is 6.41. The molecule has 0 bridgehead atoms. The van der Waals surface area contributed by atoms with Crippen molar-refractivity contribution in [2.24, 2.45) is 5.10 Å². The van der Waals surface area contributed by atoms with Crippen molar-refractivity contribution >= 4 is 23.1 Å². The summed E-state index contributed by atoms with van der Waals surface area (Å²) in [6, 6.07) is 11.5. The zero-order valence-corrected chi connectivity index (χ0v) is 13.0. The van der Waals surface area contributed by atoms with Gasteiger partial charge in [-0.25, -0.2) is 10.4 Å². The molecule has 1 aromatic heterocycles. The second-order valence-corrected chi connectivity index (χ2v) is 5.12. The largest absolute Gasteiger partial charge is 0.504 e. The third kappa shape index (κ3) is 2.91. The average Bonchev–Trinajstić information content (AvgIpc) is 2.58. The first-order valence-electron chi connectivity index (χ1n) is 7.40. The van der Waals surface area contributed by atoms with Crippen molar-refractivity contribution in [3.05, 3.63) is 58.4 Å². The minimum atomic E-state index is -0.228. The third-order valence-corrected chi connectivity index (χ3v) is 3.56. The van der Waals surface area contributed by atoms with E-state index in [1.54, 1.807) is 24.3 Å². The highest BCUT2D eigenvalue weighted by Gasteiger charge is 2.08. The van der Waals surface area contributed by atoms with Gasteiger partial charge in [0, 0.05) is 6.54 Å². The first-order valence-corrected chi connectivity index (χ1v) is 7.40. The summed E-state index contributed by atoms with van der Waals surface area (Å²) in [4.78, 5) is 16.9. The highest BCUT2D eigenvalue weighted by molar-refractivity contribution is 5.82. The number of hydrazone groups is 1. The minimum absolute atomic E-state index is 0.136. The summed E-state index contributed by atoms with van der Waals surface area (Å²) in [6.07, 6.45) is 1.46. The van der Waals surface area contributed by atoms with Crippen molar-refractivity contribution < 1.29 is 10.2 Å². The molecule has 3 N–H and O–H groups in total. The Morgan fingerprint density at radius 1 is 1.21 bits per heavy atom. The molecule has 7 nitrogen and oxygen atoms in total. The molecule has 0 spiro atoms. The van der Waals surface area contributed by atoms with E-state index in [9.17, 15) is 15.0 Å². The molecule has 3 aromatic rings. The number of hydrogen-bond acceptors (Lipinski definition) is 6. The van der Waals surface area contributed by atoms with Crippen LogP contribution in [-0.4, -0.2) is 26.0 Å². The molecule has 0 aliphatic rings. The Morgan fingerprint density at radius 2 is 2.00 bits per heavy atom. The van der Waals surface area contributed by atoms with Crippen molar-refractivity contribution in [2.75, 3.05) is 5.43 Å². The Morgan fingerprint density at radius 3 is 2.75 bits per heavy atom. The van der Waals surface area contributed by atoms with Gasteiger partial charge in [-0.1, -0.05) is 12.1 Å². The maximum Gasteiger partial charge on any atom is 0.262 e. The quantitative estimate of drug-likeness (QED) is 0.388. The number of anilines is 1. The van der Waals surface area contributed by atoms with Crippen LogP contribution in [0.1, 0.15) is 12.5 Å². The molecule has 0 atom stereocenters. The van der Waals surface area contributed by atoms with Crippen LogP contribution in [0.25, 0.3) is 10.9 Å². The van der Waals surface area contributed by atoms with Crippen LogP contribution in [0.4, 0.5) is 5.95 Å². The van der Waals surface area contributed by atoms with Crippen molar-refractivity contribution in [3.63, 3.8) is 0 Å². The van der Waals surface area contributed by atoms with Gasteiger partial charge < -0.3 is 10.2 Å². The fraction of sp³-hybridized carbons (Fsp3) is 0.118. The predicted molar refractivity (Wildman–Crippen MR) is 92.7 cm³/mol. The fourth-order valence-electron chi connectivity index (χ4n) is 2.33. The van der Waals surface area contributed by atoms with Gasteiger partial charge in [-0.05, 0) is 42.8 Å². The van der Waals surface area contributed by atoms with Gasteiger partial charge in [0.1, 0.15) is 0 Å². The van der Waals surface area contributed by atoms with Crippen LogP contribution in [-0.2, 0) is 6.54 Å². The molecule has 1 heterocycles. The number of aromatic nitrogens is 2. The van der Waals surface area contributed by atoms with Gasteiger partial charge in [-0.15, -0.1) is 0 Å². The zero-order valence-electron chi connectivity index (χ0n) is 13.0. The second-order valence-electron chi connectivity index (χ2n) is 5.12. The normalized spacial score (nSPS) is 11.2. The van der Waals surface area contributed by atoms with Crippen LogP contribution >= 0.6 is 0 Å². The lowest BCUT2D eigenvalue weighted by molar-refractivity contribution is 0.403. The Bertz CT molecular complexity index is 979. The summed E-state index contributed by atoms with van der Waals surface area (Å²) in [7, 11) is 0. The average molecular weight is 324 g/mol. The van der Waals surface area contributed by atoms with Crippen molar-refractivity contribution in [2.45, 2.75) is 13.5 Å². The van der Waals surface area contributed by atoms with E-state index in [2.05, 4.69) is 15.5 Å². The molecule has 0 saturated carbocycles. The lowest BCUT2D eigenvalue weighted by Gasteiger charge is -2.10. The van der Waals surface area contributed by atoms with E-state index < -0.39 is 0 Å².